The first-order chi connectivity index (χ1) is 8.25. The van der Waals surface area contributed by atoms with Gasteiger partial charge in [-0.1, -0.05) is 12.8 Å². The second-order valence-electron chi connectivity index (χ2n) is 4.66. The van der Waals surface area contributed by atoms with Gasteiger partial charge in [0.1, 0.15) is 4.70 Å². The van der Waals surface area contributed by atoms with Gasteiger partial charge in [-0.2, -0.15) is 0 Å². The predicted molar refractivity (Wildman–Crippen MR) is 68.7 cm³/mol. The molecule has 1 fully saturated rings. The summed E-state index contributed by atoms with van der Waals surface area (Å²) in [5.41, 5.74) is 0.256. The lowest BCUT2D eigenvalue weighted by Crippen LogP contribution is -2.31. The SMILES string of the molecule is O=c1[nH]c(=O)n(CC2CCCC2)c2ccsc12. The molecule has 0 aliphatic heterocycles. The van der Waals surface area contributed by atoms with E-state index in [9.17, 15) is 9.59 Å². The molecule has 0 amide bonds. The molecular weight excluding hydrogens is 236 g/mol. The summed E-state index contributed by atoms with van der Waals surface area (Å²) in [5, 5.41) is 1.87. The molecule has 2 heterocycles. The molecule has 0 spiro atoms. The third kappa shape index (κ3) is 1.84. The molecule has 2 aromatic heterocycles. The van der Waals surface area contributed by atoms with Crippen LogP contribution in [-0.4, -0.2) is 9.55 Å². The molecule has 0 unspecified atom stereocenters. The first-order valence-electron chi connectivity index (χ1n) is 5.96. The lowest BCUT2D eigenvalue weighted by Gasteiger charge is -2.12. The molecule has 0 bridgehead atoms. The van der Waals surface area contributed by atoms with Crippen LogP contribution in [0.5, 0.6) is 0 Å². The number of aromatic amines is 1. The molecule has 0 radical (unpaired) electrons. The van der Waals surface area contributed by atoms with Gasteiger partial charge in [-0.15, -0.1) is 11.3 Å². The number of aromatic nitrogens is 2. The van der Waals surface area contributed by atoms with Crippen molar-refractivity contribution in [3.05, 3.63) is 32.3 Å². The Balaban J connectivity index is 2.11. The Kier molecular flexibility index (Phi) is 2.63. The lowest BCUT2D eigenvalue weighted by molar-refractivity contribution is 0.453. The van der Waals surface area contributed by atoms with E-state index in [1.165, 1.54) is 37.0 Å². The Morgan fingerprint density at radius 1 is 1.35 bits per heavy atom. The number of thiophene rings is 1. The summed E-state index contributed by atoms with van der Waals surface area (Å²) < 4.78 is 2.38. The Labute approximate surface area is 102 Å². The number of fused-ring (bicyclic) bond motifs is 1. The predicted octanol–water partition coefficient (Wildman–Crippen LogP) is 1.94. The molecule has 5 heteroatoms. The molecule has 3 rings (SSSR count). The van der Waals surface area contributed by atoms with Crippen LogP contribution < -0.4 is 11.2 Å². The number of H-pyrrole nitrogens is 1. The highest BCUT2D eigenvalue weighted by molar-refractivity contribution is 7.17. The molecule has 0 aromatic carbocycles. The topological polar surface area (TPSA) is 54.9 Å². The largest absolute Gasteiger partial charge is 0.328 e. The molecular formula is C12H14N2O2S. The highest BCUT2D eigenvalue weighted by Gasteiger charge is 2.18. The zero-order valence-corrected chi connectivity index (χ0v) is 10.3. The summed E-state index contributed by atoms with van der Waals surface area (Å²) in [7, 11) is 0. The molecule has 0 atom stereocenters. The number of nitrogens with zero attached hydrogens (tertiary/aromatic N) is 1. The van der Waals surface area contributed by atoms with Crippen molar-refractivity contribution in [3.63, 3.8) is 0 Å². The fourth-order valence-corrected chi connectivity index (χ4v) is 3.44. The van der Waals surface area contributed by atoms with Crippen molar-refractivity contribution in [2.24, 2.45) is 5.92 Å². The van der Waals surface area contributed by atoms with E-state index in [2.05, 4.69) is 4.98 Å². The van der Waals surface area contributed by atoms with E-state index >= 15 is 0 Å². The summed E-state index contributed by atoms with van der Waals surface area (Å²) in [6, 6.07) is 1.87. The number of nitrogens with one attached hydrogen (secondary N) is 1. The van der Waals surface area contributed by atoms with Crippen LogP contribution in [0.3, 0.4) is 0 Å². The van der Waals surface area contributed by atoms with E-state index in [1.807, 2.05) is 11.4 Å². The van der Waals surface area contributed by atoms with Gasteiger partial charge < -0.3 is 0 Å². The first-order valence-corrected chi connectivity index (χ1v) is 6.84. The second-order valence-corrected chi connectivity index (χ2v) is 5.57. The normalized spacial score (nSPS) is 16.9. The van der Waals surface area contributed by atoms with E-state index < -0.39 is 0 Å². The van der Waals surface area contributed by atoms with E-state index in [4.69, 9.17) is 0 Å². The fourth-order valence-electron chi connectivity index (χ4n) is 2.65. The van der Waals surface area contributed by atoms with Crippen molar-refractivity contribution in [3.8, 4) is 0 Å². The maximum absolute atomic E-state index is 11.9. The van der Waals surface area contributed by atoms with E-state index in [1.54, 1.807) is 4.57 Å². The molecule has 17 heavy (non-hydrogen) atoms. The minimum absolute atomic E-state index is 0.261. The zero-order chi connectivity index (χ0) is 11.8. The molecule has 90 valence electrons. The van der Waals surface area contributed by atoms with Gasteiger partial charge in [-0.05, 0) is 30.2 Å². The molecule has 1 aliphatic carbocycles. The molecule has 1 N–H and O–H groups in total. The van der Waals surface area contributed by atoms with Crippen molar-refractivity contribution < 1.29 is 0 Å². The van der Waals surface area contributed by atoms with Crippen molar-refractivity contribution in [1.29, 1.82) is 0 Å². The van der Waals surface area contributed by atoms with Gasteiger partial charge in [0.05, 0.1) is 5.52 Å². The maximum atomic E-state index is 11.9. The third-order valence-corrected chi connectivity index (χ3v) is 4.43. The quantitative estimate of drug-likeness (QED) is 0.885. The van der Waals surface area contributed by atoms with Gasteiger partial charge in [0.2, 0.25) is 0 Å². The van der Waals surface area contributed by atoms with E-state index in [-0.39, 0.29) is 11.2 Å². The molecule has 1 saturated carbocycles. The van der Waals surface area contributed by atoms with Crippen LogP contribution in [-0.2, 0) is 6.54 Å². The molecule has 1 aliphatic rings. The maximum Gasteiger partial charge on any atom is 0.328 e. The zero-order valence-electron chi connectivity index (χ0n) is 9.44. The van der Waals surface area contributed by atoms with E-state index in [0.717, 1.165) is 12.1 Å². The molecule has 0 saturated heterocycles. The van der Waals surface area contributed by atoms with Gasteiger partial charge in [-0.3, -0.25) is 14.3 Å². The highest BCUT2D eigenvalue weighted by Crippen LogP contribution is 2.26. The van der Waals surface area contributed by atoms with Gasteiger partial charge >= 0.3 is 5.69 Å². The van der Waals surface area contributed by atoms with Crippen molar-refractivity contribution >= 4 is 21.6 Å². The van der Waals surface area contributed by atoms with Crippen LogP contribution in [0.1, 0.15) is 25.7 Å². The molecule has 4 nitrogen and oxygen atoms in total. The Morgan fingerprint density at radius 3 is 2.88 bits per heavy atom. The standard InChI is InChI=1S/C12H14N2O2S/c15-11-10-9(5-6-17-10)14(12(16)13-11)7-8-3-1-2-4-8/h5-6,8H,1-4,7H2,(H,13,15,16). The summed E-state index contributed by atoms with van der Waals surface area (Å²) >= 11 is 1.39. The van der Waals surface area contributed by atoms with Crippen LogP contribution in [0.4, 0.5) is 0 Å². The fraction of sp³-hybridized carbons (Fsp3) is 0.500. The lowest BCUT2D eigenvalue weighted by atomic mass is 10.1. The van der Waals surface area contributed by atoms with Crippen LogP contribution >= 0.6 is 11.3 Å². The summed E-state index contributed by atoms with van der Waals surface area (Å²) in [4.78, 5) is 25.8. The Hall–Kier alpha value is -1.36. The Bertz CT molecular complexity index is 646. The van der Waals surface area contributed by atoms with Gasteiger partial charge in [0.15, 0.2) is 0 Å². The second kappa shape index (κ2) is 4.14. The minimum atomic E-state index is -0.271. The average molecular weight is 250 g/mol. The van der Waals surface area contributed by atoms with Crippen molar-refractivity contribution in [2.45, 2.75) is 32.2 Å². The van der Waals surface area contributed by atoms with Crippen LogP contribution in [0.15, 0.2) is 21.0 Å². The summed E-state index contributed by atoms with van der Waals surface area (Å²) in [6.07, 6.45) is 4.90. The highest BCUT2D eigenvalue weighted by atomic mass is 32.1. The number of hydrogen-bond acceptors (Lipinski definition) is 3. The minimum Gasteiger partial charge on any atom is -0.292 e. The van der Waals surface area contributed by atoms with Crippen LogP contribution in [0, 0.1) is 5.92 Å². The van der Waals surface area contributed by atoms with Crippen LogP contribution in [0.2, 0.25) is 0 Å². The van der Waals surface area contributed by atoms with Crippen LogP contribution in [0.25, 0.3) is 10.2 Å². The average Bonchev–Trinajstić information content (AvgIpc) is 2.95. The Morgan fingerprint density at radius 2 is 2.12 bits per heavy atom. The number of hydrogen-bond donors (Lipinski definition) is 1. The van der Waals surface area contributed by atoms with Gasteiger partial charge in [0, 0.05) is 6.54 Å². The van der Waals surface area contributed by atoms with Crippen molar-refractivity contribution in [1.82, 2.24) is 9.55 Å². The third-order valence-electron chi connectivity index (χ3n) is 3.52. The van der Waals surface area contributed by atoms with E-state index in [0.29, 0.717) is 10.6 Å². The van der Waals surface area contributed by atoms with Gasteiger partial charge in [-0.25, -0.2) is 4.79 Å². The monoisotopic (exact) mass is 250 g/mol. The number of rotatable bonds is 2. The first kappa shape index (κ1) is 10.8. The van der Waals surface area contributed by atoms with Gasteiger partial charge in [0.25, 0.3) is 5.56 Å². The summed E-state index contributed by atoms with van der Waals surface area (Å²) in [5.74, 6) is 0.585. The smallest absolute Gasteiger partial charge is 0.292 e. The summed E-state index contributed by atoms with van der Waals surface area (Å²) in [6.45, 7) is 0.739. The van der Waals surface area contributed by atoms with Crippen molar-refractivity contribution in [2.75, 3.05) is 0 Å². The molecule has 2 aromatic rings.